The maximum Gasteiger partial charge on any atom is 0.0788 e. The molecular formula is C137H90N6. The third-order valence-corrected chi connectivity index (χ3v) is 32.3. The number of rotatable bonds is 8. The van der Waals surface area contributed by atoms with Crippen LogP contribution in [0.4, 0.5) is 0 Å². The van der Waals surface area contributed by atoms with Gasteiger partial charge in [0.2, 0.25) is 0 Å². The number of nitrogens with zero attached hydrogens (tertiary/aromatic N) is 6. The molecule has 0 amide bonds. The van der Waals surface area contributed by atoms with Gasteiger partial charge in [-0.2, -0.15) is 0 Å². The Morgan fingerprint density at radius 3 is 0.958 bits per heavy atom. The van der Waals surface area contributed by atoms with Gasteiger partial charge in [0.15, 0.2) is 0 Å². The maximum absolute atomic E-state index is 2.48. The largest absolute Gasteiger partial charge is 0.316 e. The van der Waals surface area contributed by atoms with Crippen LogP contribution in [0, 0.1) is 0 Å². The zero-order valence-corrected chi connectivity index (χ0v) is 78.7. The molecule has 0 atom stereocenters. The van der Waals surface area contributed by atoms with Crippen molar-refractivity contribution in [2.24, 2.45) is 0 Å². The highest BCUT2D eigenvalue weighted by Gasteiger charge is 2.54. The summed E-state index contributed by atoms with van der Waals surface area (Å²) < 4.78 is 14.3. The lowest BCUT2D eigenvalue weighted by molar-refractivity contribution is 0.660. The van der Waals surface area contributed by atoms with Crippen molar-refractivity contribution in [1.82, 2.24) is 27.4 Å². The molecule has 0 bridgehead atoms. The molecule has 0 N–H and O–H groups in total. The molecule has 27 aromatic rings. The molecule has 0 saturated heterocycles. The monoisotopic (exact) mass is 1820 g/mol. The third kappa shape index (κ3) is 11.5. The first-order valence-corrected chi connectivity index (χ1v) is 49.8. The zero-order chi connectivity index (χ0) is 94.1. The summed E-state index contributed by atoms with van der Waals surface area (Å²) in [5.74, 6) is 0. The fraction of sp³-hybridized carbons (Fsp3) is 0.0365. The molecule has 0 radical (unpaired) electrons. The van der Waals surface area contributed by atoms with Crippen LogP contribution in [0.25, 0.3) is 210 Å². The predicted molar refractivity (Wildman–Crippen MR) is 594 cm³/mol. The van der Waals surface area contributed by atoms with Gasteiger partial charge in [-0.3, -0.25) is 0 Å². The lowest BCUT2D eigenvalue weighted by Gasteiger charge is -2.30. The van der Waals surface area contributed by atoms with Gasteiger partial charge in [0.25, 0.3) is 0 Å². The van der Waals surface area contributed by atoms with Crippen LogP contribution in [-0.2, 0) is 16.2 Å². The average Bonchev–Trinajstić information content (AvgIpc) is 1.51. The Morgan fingerprint density at radius 2 is 0.483 bits per heavy atom. The van der Waals surface area contributed by atoms with Gasteiger partial charge in [-0.1, -0.05) is 360 Å². The smallest absolute Gasteiger partial charge is 0.0788 e. The molecule has 32 rings (SSSR count). The summed E-state index contributed by atoms with van der Waals surface area (Å²) in [7, 11) is 0. The van der Waals surface area contributed by atoms with Crippen LogP contribution in [0.5, 0.6) is 0 Å². The number of fused-ring (bicyclic) bond motifs is 36. The van der Waals surface area contributed by atoms with Gasteiger partial charge in [0, 0.05) is 107 Å². The molecule has 668 valence electrons. The topological polar surface area (TPSA) is 29.6 Å². The molecule has 0 fully saturated rings. The second-order valence-electron chi connectivity index (χ2n) is 39.7. The van der Waals surface area contributed by atoms with Crippen LogP contribution in [0.2, 0.25) is 0 Å². The summed E-state index contributed by atoms with van der Waals surface area (Å²) in [6, 6.07) is 182. The predicted octanol–water partition coefficient (Wildman–Crippen LogP) is 34.5. The van der Waals surface area contributed by atoms with Crippen LogP contribution < -0.4 is 0 Å². The first kappa shape index (κ1) is 80.7. The van der Waals surface area contributed by atoms with Crippen LogP contribution in [0.3, 0.4) is 0 Å². The number of para-hydroxylation sites is 6. The average molecular weight is 1820 g/mol. The maximum atomic E-state index is 2.48. The van der Waals surface area contributed by atoms with Crippen LogP contribution in [0.1, 0.15) is 69.5 Å². The summed E-state index contributed by atoms with van der Waals surface area (Å²) >= 11 is 0. The van der Waals surface area contributed by atoms with Crippen LogP contribution >= 0.6 is 0 Å². The summed E-state index contributed by atoms with van der Waals surface area (Å²) in [6.07, 6.45) is 6.57. The second-order valence-corrected chi connectivity index (χ2v) is 39.7. The number of hydrogen-bond donors (Lipinski definition) is 0. The quantitative estimate of drug-likeness (QED) is 0.145. The lowest BCUT2D eigenvalue weighted by atomic mass is 9.70. The van der Waals surface area contributed by atoms with Gasteiger partial charge in [-0.15, -0.1) is 0 Å². The Hall–Kier alpha value is -18.4. The molecule has 0 saturated carbocycles. The number of aromatic nitrogens is 6. The molecule has 6 heteroatoms. The van der Waals surface area contributed by atoms with E-state index in [-0.39, 0.29) is 16.2 Å². The Labute approximate surface area is 827 Å². The van der Waals surface area contributed by atoms with Gasteiger partial charge in [0.05, 0.1) is 60.5 Å². The normalized spacial score (nSPS) is 13.6. The summed E-state index contributed by atoms with van der Waals surface area (Å²) in [5, 5.41) is 11.3. The van der Waals surface area contributed by atoms with Crippen LogP contribution in [-0.4, -0.2) is 27.4 Å². The molecule has 5 aliphatic rings. The summed E-state index contributed by atoms with van der Waals surface area (Å²) in [6.45, 7) is 4.71. The molecule has 0 unspecified atom stereocenters. The minimum Gasteiger partial charge on any atom is -0.316 e. The van der Waals surface area contributed by atoms with Crippen molar-refractivity contribution in [3.63, 3.8) is 0 Å². The van der Waals surface area contributed by atoms with Gasteiger partial charge in [-0.05, 0) is 279 Å². The van der Waals surface area contributed by atoms with Crippen molar-refractivity contribution in [1.29, 1.82) is 0 Å². The molecule has 2 spiro atoms. The van der Waals surface area contributed by atoms with E-state index in [0.717, 1.165) is 22.7 Å². The summed E-state index contributed by atoms with van der Waals surface area (Å²) in [5.41, 5.74) is 49.2. The molecule has 6 heterocycles. The number of benzene rings is 21. The first-order chi connectivity index (χ1) is 70.7. The van der Waals surface area contributed by atoms with Crippen molar-refractivity contribution < 1.29 is 0 Å². The van der Waals surface area contributed by atoms with E-state index in [1.54, 1.807) is 0 Å². The minimum atomic E-state index is -0.362. The highest BCUT2D eigenvalue weighted by Crippen LogP contribution is 2.66. The molecule has 143 heavy (non-hydrogen) atoms. The van der Waals surface area contributed by atoms with E-state index in [4.69, 9.17) is 0 Å². The fourth-order valence-corrected chi connectivity index (χ4v) is 26.1. The van der Waals surface area contributed by atoms with Crippen molar-refractivity contribution in [2.75, 3.05) is 0 Å². The van der Waals surface area contributed by atoms with E-state index in [2.05, 4.69) is 551 Å². The Bertz CT molecular complexity index is 9890. The summed E-state index contributed by atoms with van der Waals surface area (Å²) in [4.78, 5) is 0. The standard InChI is InChI=1S/2C51H32N2.C35H26N2/c1-2-14-36(15-3-1)52-28-27-35-30-43-42-20-7-11-24-48(42)53(50(43)32-49(35)52)37-16-12-13-33(29-37)34-25-26-41-40-19-6-10-23-46(40)51(47(41)31-34)44-21-8-4-17-38(44)39-18-5-9-22-45(39)51;1-2-12-36(13-3-1)52-29-28-35-30-43-42-17-7-11-21-48(42)53(50(43)32-49(35)52)37-25-22-33(23-26-37)34-24-27-41-40-16-6-10-20-46(40)51(47(41)31-34)44-18-8-4-14-38(44)39-15-5-9-19-45(39)51;1-35(2)30-14-8-6-12-26(30)27-19-17-25(22-31(27)35)37-32-15-9-7-13-28(32)29-18-16-23-20-21-36(33(23)34(29)37)24-10-4-3-5-11-24/h2*1-32H;3-22H,1-2H3. The van der Waals surface area contributed by atoms with Gasteiger partial charge in [0.1, 0.15) is 0 Å². The number of hydrogen-bond acceptors (Lipinski definition) is 0. The van der Waals surface area contributed by atoms with Gasteiger partial charge < -0.3 is 27.4 Å². The van der Waals surface area contributed by atoms with E-state index in [9.17, 15) is 0 Å². The second kappa shape index (κ2) is 30.8. The SMILES string of the molecule is CC1(C)c2ccccc2-c2ccc(-n3c4ccccc4c4ccc5ccn(-c6ccccc6)c5c43)cc21.c1ccc(-n2ccc3cc4c5ccccc5n(-c5ccc(-c6ccc7c(c6)C6(c8ccccc8-c8ccccc86)c6ccccc6-7)cc5)c4cc32)cc1.c1ccc(-n2ccc3cc4c5ccccc5n(-c5cccc(-c6ccc7c(c6)C6(c8ccccc8-c8ccccc86)c6ccccc6-7)c5)c4cc32)cc1. The first-order valence-electron chi connectivity index (χ1n) is 49.8. The highest BCUT2D eigenvalue weighted by molar-refractivity contribution is 6.19. The van der Waals surface area contributed by atoms with E-state index in [1.165, 1.54) is 243 Å². The zero-order valence-electron chi connectivity index (χ0n) is 78.7. The van der Waals surface area contributed by atoms with Gasteiger partial charge >= 0.3 is 0 Å². The molecule has 21 aromatic carbocycles. The Balaban J connectivity index is 0.000000102. The molecule has 6 nitrogen and oxygen atoms in total. The third-order valence-electron chi connectivity index (χ3n) is 32.3. The van der Waals surface area contributed by atoms with Crippen LogP contribution in [0.15, 0.2) is 510 Å². The van der Waals surface area contributed by atoms with Gasteiger partial charge in [-0.25, -0.2) is 0 Å². The van der Waals surface area contributed by atoms with Crippen molar-refractivity contribution in [2.45, 2.75) is 30.1 Å². The molecule has 5 aliphatic carbocycles. The van der Waals surface area contributed by atoms with Crippen molar-refractivity contribution >= 4 is 98.1 Å². The van der Waals surface area contributed by atoms with E-state index in [0.29, 0.717) is 0 Å². The van der Waals surface area contributed by atoms with Crippen molar-refractivity contribution in [3.05, 3.63) is 566 Å². The minimum absolute atomic E-state index is 0.0414. The van der Waals surface area contributed by atoms with E-state index in [1.807, 2.05) is 0 Å². The Kier molecular flexibility index (Phi) is 17.4. The van der Waals surface area contributed by atoms with E-state index < -0.39 is 0 Å². The molecule has 0 aliphatic heterocycles. The molecular weight excluding hydrogens is 1730 g/mol. The lowest BCUT2D eigenvalue weighted by Crippen LogP contribution is -2.25. The highest BCUT2D eigenvalue weighted by atomic mass is 15.0. The Morgan fingerprint density at radius 1 is 0.154 bits per heavy atom. The fourth-order valence-electron chi connectivity index (χ4n) is 26.1. The molecule has 6 aromatic heterocycles. The van der Waals surface area contributed by atoms with Crippen molar-refractivity contribution in [3.8, 4) is 112 Å². The van der Waals surface area contributed by atoms with E-state index >= 15 is 0 Å².